The monoisotopic (exact) mass is 390 g/mol. The number of nitrogens with one attached hydrogen (secondary N) is 2. The lowest BCUT2D eigenvalue weighted by atomic mass is 10.0. The summed E-state index contributed by atoms with van der Waals surface area (Å²) in [5, 5.41) is 6.01. The van der Waals surface area contributed by atoms with Crippen LogP contribution in [-0.2, 0) is 11.8 Å². The molecule has 1 fully saturated rings. The predicted octanol–water partition coefficient (Wildman–Crippen LogP) is 1.99. The molecule has 2 aromatic rings. The number of pyridine rings is 1. The Kier molecular flexibility index (Phi) is 4.73. The van der Waals surface area contributed by atoms with E-state index >= 15 is 0 Å². The number of anilines is 2. The lowest BCUT2D eigenvalue weighted by Crippen LogP contribution is -2.48. The van der Waals surface area contributed by atoms with Crippen molar-refractivity contribution in [2.24, 2.45) is 7.05 Å². The minimum atomic E-state index is -0.270. The third kappa shape index (κ3) is 3.22. The Morgan fingerprint density at radius 3 is 2.50 bits per heavy atom. The van der Waals surface area contributed by atoms with E-state index in [-0.39, 0.29) is 17.5 Å². The van der Waals surface area contributed by atoms with Gasteiger partial charge in [0.2, 0.25) is 5.91 Å². The van der Waals surface area contributed by atoms with Crippen LogP contribution in [0.3, 0.4) is 0 Å². The lowest BCUT2D eigenvalue weighted by Gasteiger charge is -2.32. The fraction of sp³-hybridized carbons (Fsp3) is 0.294. The quantitative estimate of drug-likeness (QED) is 0.786. The third-order valence-electron chi connectivity index (χ3n) is 4.20. The molecule has 0 bridgehead atoms. The first-order chi connectivity index (χ1) is 11.5. The highest BCUT2D eigenvalue weighted by Gasteiger charge is 2.28. The van der Waals surface area contributed by atoms with Gasteiger partial charge in [-0.3, -0.25) is 14.5 Å². The van der Waals surface area contributed by atoms with Gasteiger partial charge in [0.25, 0.3) is 5.56 Å². The zero-order valence-corrected chi connectivity index (χ0v) is 15.1. The number of hydrogen-bond acceptors (Lipinski definition) is 4. The molecule has 0 spiro atoms. The molecule has 0 saturated carbocycles. The molecular formula is C17H19BrN4O2. The number of hydrogen-bond donors (Lipinski definition) is 2. The fourth-order valence-corrected chi connectivity index (χ4v) is 3.09. The molecule has 24 heavy (non-hydrogen) atoms. The Bertz CT molecular complexity index is 816. The van der Waals surface area contributed by atoms with E-state index in [1.807, 2.05) is 42.3 Å². The van der Waals surface area contributed by atoms with Gasteiger partial charge >= 0.3 is 0 Å². The first-order valence-corrected chi connectivity index (χ1v) is 8.47. The van der Waals surface area contributed by atoms with Crippen LogP contribution in [0.5, 0.6) is 0 Å². The van der Waals surface area contributed by atoms with Gasteiger partial charge in [-0.05, 0) is 52.8 Å². The molecule has 1 unspecified atom stereocenters. The number of piperazine rings is 1. The molecule has 1 aromatic carbocycles. The second kappa shape index (κ2) is 6.78. The molecule has 0 aliphatic carbocycles. The highest BCUT2D eigenvalue weighted by molar-refractivity contribution is 9.10. The van der Waals surface area contributed by atoms with E-state index in [4.69, 9.17) is 0 Å². The third-order valence-corrected chi connectivity index (χ3v) is 5.00. The SMILES string of the molecule is CN1CCNC(=O)C1c1ccc(Nc2ccc(Br)n(C)c2=O)cc1. The van der Waals surface area contributed by atoms with E-state index in [0.717, 1.165) is 22.4 Å². The van der Waals surface area contributed by atoms with Crippen molar-refractivity contribution in [1.82, 2.24) is 14.8 Å². The summed E-state index contributed by atoms with van der Waals surface area (Å²) >= 11 is 3.32. The van der Waals surface area contributed by atoms with E-state index in [1.165, 1.54) is 4.57 Å². The Labute approximate surface area is 148 Å². The van der Waals surface area contributed by atoms with Crippen molar-refractivity contribution >= 4 is 33.2 Å². The molecule has 3 rings (SSSR count). The van der Waals surface area contributed by atoms with E-state index in [1.54, 1.807) is 13.1 Å². The fourth-order valence-electron chi connectivity index (χ4n) is 2.80. The minimum Gasteiger partial charge on any atom is -0.353 e. The number of rotatable bonds is 3. The number of carbonyl (C=O) groups is 1. The largest absolute Gasteiger partial charge is 0.353 e. The maximum Gasteiger partial charge on any atom is 0.274 e. The number of halogens is 1. The Morgan fingerprint density at radius 1 is 1.12 bits per heavy atom. The first-order valence-electron chi connectivity index (χ1n) is 7.68. The standard InChI is InChI=1S/C17H19BrN4O2/c1-21-10-9-19-16(23)15(21)11-3-5-12(6-4-11)20-13-7-8-14(18)22(2)17(13)24/h3-8,15,20H,9-10H2,1-2H3,(H,19,23). The molecule has 2 N–H and O–H groups in total. The van der Waals surface area contributed by atoms with Crippen LogP contribution >= 0.6 is 15.9 Å². The summed E-state index contributed by atoms with van der Waals surface area (Å²) in [6.45, 7) is 1.50. The van der Waals surface area contributed by atoms with Gasteiger partial charge in [-0.25, -0.2) is 0 Å². The van der Waals surface area contributed by atoms with Crippen LogP contribution in [0.25, 0.3) is 0 Å². The summed E-state index contributed by atoms with van der Waals surface area (Å²) in [7, 11) is 3.65. The maximum absolute atomic E-state index is 12.2. The van der Waals surface area contributed by atoms with Crippen LogP contribution < -0.4 is 16.2 Å². The van der Waals surface area contributed by atoms with Gasteiger partial charge in [-0.15, -0.1) is 0 Å². The average molecular weight is 391 g/mol. The summed E-state index contributed by atoms with van der Waals surface area (Å²) in [4.78, 5) is 26.3. The summed E-state index contributed by atoms with van der Waals surface area (Å²) in [5.74, 6) is 0.0197. The normalized spacial score (nSPS) is 18.3. The van der Waals surface area contributed by atoms with Crippen molar-refractivity contribution in [2.75, 3.05) is 25.5 Å². The molecule has 2 heterocycles. The van der Waals surface area contributed by atoms with Crippen LogP contribution in [0.4, 0.5) is 11.4 Å². The second-order valence-electron chi connectivity index (χ2n) is 5.86. The van der Waals surface area contributed by atoms with Crippen molar-refractivity contribution in [3.8, 4) is 0 Å². The van der Waals surface area contributed by atoms with Crippen molar-refractivity contribution in [1.29, 1.82) is 0 Å². The van der Waals surface area contributed by atoms with E-state index in [9.17, 15) is 9.59 Å². The van der Waals surface area contributed by atoms with Crippen LogP contribution in [0.2, 0.25) is 0 Å². The number of nitrogens with zero attached hydrogens (tertiary/aromatic N) is 2. The first kappa shape index (κ1) is 16.7. The van der Waals surface area contributed by atoms with Crippen LogP contribution in [0.15, 0.2) is 45.8 Å². The van der Waals surface area contributed by atoms with Gasteiger partial charge < -0.3 is 15.2 Å². The molecule has 1 aromatic heterocycles. The molecular weight excluding hydrogens is 372 g/mol. The Balaban J connectivity index is 1.81. The number of aromatic nitrogens is 1. The van der Waals surface area contributed by atoms with Crippen LogP contribution in [0.1, 0.15) is 11.6 Å². The number of benzene rings is 1. The molecule has 7 heteroatoms. The molecule has 0 radical (unpaired) electrons. The van der Waals surface area contributed by atoms with Gasteiger partial charge in [-0.2, -0.15) is 0 Å². The smallest absolute Gasteiger partial charge is 0.274 e. The van der Waals surface area contributed by atoms with Crippen molar-refractivity contribution in [2.45, 2.75) is 6.04 Å². The zero-order valence-electron chi connectivity index (χ0n) is 13.5. The van der Waals surface area contributed by atoms with Gasteiger partial charge in [0.05, 0.1) is 4.60 Å². The van der Waals surface area contributed by atoms with Crippen molar-refractivity contribution in [3.63, 3.8) is 0 Å². The van der Waals surface area contributed by atoms with Crippen LogP contribution in [-0.4, -0.2) is 35.5 Å². The number of amides is 1. The molecule has 6 nitrogen and oxygen atoms in total. The summed E-state index contributed by atoms with van der Waals surface area (Å²) in [5.41, 5.74) is 2.13. The van der Waals surface area contributed by atoms with E-state index in [2.05, 4.69) is 26.6 Å². The molecule has 126 valence electrons. The van der Waals surface area contributed by atoms with Gasteiger partial charge in [0, 0.05) is 25.8 Å². The predicted molar refractivity (Wildman–Crippen MR) is 97.5 cm³/mol. The maximum atomic E-state index is 12.2. The van der Waals surface area contributed by atoms with Gasteiger partial charge in [-0.1, -0.05) is 12.1 Å². The van der Waals surface area contributed by atoms with Gasteiger partial charge in [0.15, 0.2) is 0 Å². The van der Waals surface area contributed by atoms with Crippen molar-refractivity contribution in [3.05, 3.63) is 56.9 Å². The summed E-state index contributed by atoms with van der Waals surface area (Å²) in [6, 6.07) is 10.9. The summed E-state index contributed by atoms with van der Waals surface area (Å²) < 4.78 is 2.25. The minimum absolute atomic E-state index is 0.0197. The number of likely N-dealkylation sites (N-methyl/N-ethyl adjacent to an activating group) is 1. The zero-order chi connectivity index (χ0) is 17.3. The van der Waals surface area contributed by atoms with E-state index < -0.39 is 0 Å². The van der Waals surface area contributed by atoms with Crippen molar-refractivity contribution < 1.29 is 4.79 Å². The second-order valence-corrected chi connectivity index (χ2v) is 6.67. The molecule has 1 aliphatic rings. The Hall–Kier alpha value is -2.12. The topological polar surface area (TPSA) is 66.4 Å². The highest BCUT2D eigenvalue weighted by Crippen LogP contribution is 2.24. The van der Waals surface area contributed by atoms with Crippen LogP contribution in [0, 0.1) is 0 Å². The molecule has 1 amide bonds. The van der Waals surface area contributed by atoms with Gasteiger partial charge in [0.1, 0.15) is 11.7 Å². The molecule has 1 saturated heterocycles. The molecule has 1 atom stereocenters. The lowest BCUT2D eigenvalue weighted by molar-refractivity contribution is -0.128. The molecule has 1 aliphatic heterocycles. The summed E-state index contributed by atoms with van der Waals surface area (Å²) in [6.07, 6.45) is 0. The Morgan fingerprint density at radius 2 is 1.83 bits per heavy atom. The average Bonchev–Trinajstić information content (AvgIpc) is 2.57. The number of carbonyl (C=O) groups excluding carboxylic acids is 1. The van der Waals surface area contributed by atoms with E-state index in [0.29, 0.717) is 12.2 Å². The highest BCUT2D eigenvalue weighted by atomic mass is 79.9.